The molecule has 0 saturated carbocycles. The van der Waals surface area contributed by atoms with E-state index in [0.717, 1.165) is 12.2 Å². The summed E-state index contributed by atoms with van der Waals surface area (Å²) in [6.07, 6.45) is 6.25. The second kappa shape index (κ2) is 9.16. The Labute approximate surface area is 146 Å². The summed E-state index contributed by atoms with van der Waals surface area (Å²) in [6, 6.07) is 12.6. The second-order valence-electron chi connectivity index (χ2n) is 5.31. The number of rotatable bonds is 8. The maximum absolute atomic E-state index is 5.24. The van der Waals surface area contributed by atoms with Gasteiger partial charge in [0.1, 0.15) is 5.75 Å². The number of benzene rings is 1. The Morgan fingerprint density at radius 1 is 1.09 bits per heavy atom. The van der Waals surface area contributed by atoms with Gasteiger partial charge in [-0.25, -0.2) is 0 Å². The minimum atomic E-state index is 0.893. The normalized spacial score (nSPS) is 12.1. The molecule has 0 spiro atoms. The van der Waals surface area contributed by atoms with Crippen molar-refractivity contribution in [2.24, 2.45) is 0 Å². The number of halogens is 1. The maximum Gasteiger partial charge on any atom is 0.118 e. The molecule has 0 radical (unpaired) electrons. The quantitative estimate of drug-likeness (QED) is 0.449. The fourth-order valence-electron chi connectivity index (χ4n) is 2.43. The lowest BCUT2D eigenvalue weighted by atomic mass is 10.0. The number of thiophene rings is 1. The summed E-state index contributed by atoms with van der Waals surface area (Å²) in [6.45, 7) is 2.25. The summed E-state index contributed by atoms with van der Waals surface area (Å²) in [5, 5.41) is 2.15. The Morgan fingerprint density at radius 2 is 1.86 bits per heavy atom. The molecule has 0 aliphatic carbocycles. The molecule has 0 amide bonds. The largest absolute Gasteiger partial charge is 0.497 e. The molecule has 1 aromatic heterocycles. The third kappa shape index (κ3) is 4.72. The Morgan fingerprint density at radius 3 is 2.45 bits per heavy atom. The number of methoxy groups -OCH3 is 1. The van der Waals surface area contributed by atoms with E-state index in [4.69, 9.17) is 4.74 Å². The molecule has 0 fully saturated rings. The molecule has 2 rings (SSSR count). The van der Waals surface area contributed by atoms with E-state index in [1.165, 1.54) is 46.2 Å². The Bertz CT molecular complexity index is 584. The van der Waals surface area contributed by atoms with E-state index in [0.29, 0.717) is 0 Å². The monoisotopic (exact) mass is 378 g/mol. The number of unbranched alkanes of at least 4 members (excludes halogenated alkanes) is 3. The first kappa shape index (κ1) is 17.3. The molecule has 0 saturated heterocycles. The zero-order valence-corrected chi connectivity index (χ0v) is 15.7. The lowest BCUT2D eigenvalue weighted by Crippen LogP contribution is -1.88. The fourth-order valence-corrected chi connectivity index (χ4v) is 4.05. The standard InChI is InChI=1S/C19H23BrOS/c1-3-4-5-6-8-17(18-9-7-14-22-18)19(20)15-10-12-16(21-2)13-11-15/h7,9-14H,3-6,8H2,1-2H3/b19-17+. The molecule has 1 aromatic carbocycles. The van der Waals surface area contributed by atoms with Gasteiger partial charge in [-0.1, -0.05) is 44.4 Å². The lowest BCUT2D eigenvalue weighted by Gasteiger charge is -2.11. The van der Waals surface area contributed by atoms with Crippen LogP contribution in [0.15, 0.2) is 41.8 Å². The summed E-state index contributed by atoms with van der Waals surface area (Å²) in [4.78, 5) is 1.36. The van der Waals surface area contributed by atoms with Crippen LogP contribution in [0.25, 0.3) is 10.1 Å². The molecule has 0 N–H and O–H groups in total. The van der Waals surface area contributed by atoms with Gasteiger partial charge in [0.2, 0.25) is 0 Å². The lowest BCUT2D eigenvalue weighted by molar-refractivity contribution is 0.415. The van der Waals surface area contributed by atoms with Crippen molar-refractivity contribution in [2.75, 3.05) is 7.11 Å². The third-order valence-electron chi connectivity index (χ3n) is 3.71. The van der Waals surface area contributed by atoms with Gasteiger partial charge in [-0.05, 0) is 63.5 Å². The van der Waals surface area contributed by atoms with Crippen molar-refractivity contribution in [3.05, 3.63) is 52.2 Å². The van der Waals surface area contributed by atoms with Gasteiger partial charge in [-0.15, -0.1) is 11.3 Å². The van der Waals surface area contributed by atoms with E-state index in [1.54, 1.807) is 7.11 Å². The predicted molar refractivity (Wildman–Crippen MR) is 102 cm³/mol. The average Bonchev–Trinajstić information content (AvgIpc) is 3.08. The van der Waals surface area contributed by atoms with Gasteiger partial charge in [-0.2, -0.15) is 0 Å². The highest BCUT2D eigenvalue weighted by Gasteiger charge is 2.10. The van der Waals surface area contributed by atoms with Crippen LogP contribution in [-0.2, 0) is 0 Å². The van der Waals surface area contributed by atoms with E-state index >= 15 is 0 Å². The first-order chi connectivity index (χ1) is 10.8. The molecule has 1 nitrogen and oxygen atoms in total. The molecule has 0 aliphatic heterocycles. The van der Waals surface area contributed by atoms with Crippen LogP contribution in [0.1, 0.15) is 49.5 Å². The van der Waals surface area contributed by atoms with Gasteiger partial charge in [0, 0.05) is 9.36 Å². The van der Waals surface area contributed by atoms with Gasteiger partial charge in [0.15, 0.2) is 0 Å². The highest BCUT2D eigenvalue weighted by atomic mass is 79.9. The van der Waals surface area contributed by atoms with Crippen molar-refractivity contribution in [1.82, 2.24) is 0 Å². The summed E-state index contributed by atoms with van der Waals surface area (Å²) in [7, 11) is 1.70. The summed E-state index contributed by atoms with van der Waals surface area (Å²) in [5.74, 6) is 0.893. The van der Waals surface area contributed by atoms with Gasteiger partial charge < -0.3 is 4.74 Å². The van der Waals surface area contributed by atoms with Crippen molar-refractivity contribution in [3.63, 3.8) is 0 Å². The molecule has 0 bridgehead atoms. The molecule has 0 aliphatic rings. The summed E-state index contributed by atoms with van der Waals surface area (Å²) < 4.78 is 6.45. The Balaban J connectivity index is 2.24. The van der Waals surface area contributed by atoms with Crippen LogP contribution in [0.2, 0.25) is 0 Å². The van der Waals surface area contributed by atoms with Crippen molar-refractivity contribution in [3.8, 4) is 5.75 Å². The smallest absolute Gasteiger partial charge is 0.118 e. The molecule has 1 heterocycles. The zero-order valence-electron chi connectivity index (χ0n) is 13.3. The van der Waals surface area contributed by atoms with Gasteiger partial charge in [0.25, 0.3) is 0 Å². The molecule has 0 unspecified atom stereocenters. The number of hydrogen-bond acceptors (Lipinski definition) is 2. The van der Waals surface area contributed by atoms with Crippen LogP contribution >= 0.6 is 27.3 Å². The summed E-state index contributed by atoms with van der Waals surface area (Å²) >= 11 is 5.65. The van der Waals surface area contributed by atoms with Crippen LogP contribution in [-0.4, -0.2) is 7.11 Å². The SMILES string of the molecule is CCCCCC/C(=C(\Br)c1ccc(OC)cc1)c1cccs1. The van der Waals surface area contributed by atoms with Crippen molar-refractivity contribution < 1.29 is 4.74 Å². The molecular formula is C19H23BrOS. The third-order valence-corrected chi connectivity index (χ3v) is 5.57. The molecule has 2 aromatic rings. The van der Waals surface area contributed by atoms with Crippen molar-refractivity contribution in [2.45, 2.75) is 39.0 Å². The van der Waals surface area contributed by atoms with E-state index in [1.807, 2.05) is 23.5 Å². The highest BCUT2D eigenvalue weighted by molar-refractivity contribution is 9.15. The number of allylic oxidation sites excluding steroid dienone is 1. The molecule has 0 atom stereocenters. The van der Waals surface area contributed by atoms with Crippen molar-refractivity contribution in [1.29, 1.82) is 0 Å². The predicted octanol–water partition coefficient (Wildman–Crippen LogP) is 6.99. The molecule has 3 heteroatoms. The number of hydrogen-bond donors (Lipinski definition) is 0. The van der Waals surface area contributed by atoms with E-state index in [2.05, 4.69) is 52.5 Å². The minimum absolute atomic E-state index is 0.893. The fraction of sp³-hybridized carbons (Fsp3) is 0.368. The van der Waals surface area contributed by atoms with Gasteiger partial charge in [0.05, 0.1) is 7.11 Å². The van der Waals surface area contributed by atoms with Gasteiger partial charge in [-0.3, -0.25) is 0 Å². The van der Waals surface area contributed by atoms with Crippen LogP contribution in [0.4, 0.5) is 0 Å². The maximum atomic E-state index is 5.24. The molecular weight excluding hydrogens is 356 g/mol. The highest BCUT2D eigenvalue weighted by Crippen LogP contribution is 2.37. The zero-order chi connectivity index (χ0) is 15.8. The second-order valence-corrected chi connectivity index (χ2v) is 7.05. The summed E-state index contributed by atoms with van der Waals surface area (Å²) in [5.41, 5.74) is 2.62. The molecule has 22 heavy (non-hydrogen) atoms. The minimum Gasteiger partial charge on any atom is -0.497 e. The average molecular weight is 379 g/mol. The van der Waals surface area contributed by atoms with E-state index in [-0.39, 0.29) is 0 Å². The van der Waals surface area contributed by atoms with Crippen LogP contribution in [0, 0.1) is 0 Å². The van der Waals surface area contributed by atoms with Crippen molar-refractivity contribution >= 4 is 37.3 Å². The van der Waals surface area contributed by atoms with Crippen LogP contribution in [0.5, 0.6) is 5.75 Å². The number of ether oxygens (including phenoxy) is 1. The van der Waals surface area contributed by atoms with Crippen LogP contribution in [0.3, 0.4) is 0 Å². The van der Waals surface area contributed by atoms with Gasteiger partial charge >= 0.3 is 0 Å². The van der Waals surface area contributed by atoms with Crippen LogP contribution < -0.4 is 4.74 Å². The van der Waals surface area contributed by atoms with E-state index in [9.17, 15) is 0 Å². The Kier molecular flexibility index (Phi) is 7.20. The Hall–Kier alpha value is -1.06. The molecule has 118 valence electrons. The first-order valence-corrected chi connectivity index (χ1v) is 9.50. The topological polar surface area (TPSA) is 9.23 Å². The first-order valence-electron chi connectivity index (χ1n) is 7.83. The van der Waals surface area contributed by atoms with E-state index < -0.39 is 0 Å².